The average molecular weight is 395 g/mol. The molecule has 1 saturated heterocycles. The van der Waals surface area contributed by atoms with Crippen LogP contribution >= 0.6 is 0 Å². The van der Waals surface area contributed by atoms with Gasteiger partial charge in [-0.2, -0.15) is 0 Å². The number of nitrogens with zero attached hydrogens (tertiary/aromatic N) is 3. The van der Waals surface area contributed by atoms with Crippen molar-refractivity contribution in [3.05, 3.63) is 66.0 Å². The molecule has 3 aromatic rings. The summed E-state index contributed by atoms with van der Waals surface area (Å²) in [6.07, 6.45) is 0. The highest BCUT2D eigenvalue weighted by molar-refractivity contribution is 5.97. The van der Waals surface area contributed by atoms with Crippen LogP contribution in [-0.2, 0) is 0 Å². The number of aryl methyl sites for hydroxylation is 1. The molecule has 0 saturated carbocycles. The van der Waals surface area contributed by atoms with E-state index in [9.17, 15) is 9.18 Å². The van der Waals surface area contributed by atoms with Gasteiger partial charge in [0.15, 0.2) is 5.89 Å². The van der Waals surface area contributed by atoms with Crippen LogP contribution < -0.4 is 9.64 Å². The number of piperazine rings is 1. The zero-order valence-corrected chi connectivity index (χ0v) is 16.4. The molecule has 0 radical (unpaired) electrons. The van der Waals surface area contributed by atoms with Gasteiger partial charge < -0.3 is 19.0 Å². The van der Waals surface area contributed by atoms with E-state index in [0.717, 1.165) is 11.4 Å². The number of rotatable bonds is 4. The first-order chi connectivity index (χ1) is 14.0. The Balaban J connectivity index is 1.49. The average Bonchev–Trinajstić information content (AvgIpc) is 3.15. The van der Waals surface area contributed by atoms with Gasteiger partial charge in [-0.25, -0.2) is 9.37 Å². The minimum Gasteiger partial charge on any atom is -0.497 e. The Kier molecular flexibility index (Phi) is 5.20. The quantitative estimate of drug-likeness (QED) is 0.673. The maximum Gasteiger partial charge on any atom is 0.292 e. The third-order valence-corrected chi connectivity index (χ3v) is 5.03. The number of benzene rings is 2. The van der Waals surface area contributed by atoms with E-state index in [2.05, 4.69) is 9.88 Å². The van der Waals surface area contributed by atoms with Gasteiger partial charge in [0.1, 0.15) is 17.3 Å². The summed E-state index contributed by atoms with van der Waals surface area (Å²) in [5, 5.41) is 0. The molecule has 7 heteroatoms. The first kappa shape index (κ1) is 19.0. The molecule has 0 aliphatic carbocycles. The monoisotopic (exact) mass is 395 g/mol. The highest BCUT2D eigenvalue weighted by atomic mass is 19.1. The largest absolute Gasteiger partial charge is 0.497 e. The molecule has 150 valence electrons. The van der Waals surface area contributed by atoms with E-state index < -0.39 is 0 Å². The van der Waals surface area contributed by atoms with Crippen LogP contribution in [0, 0.1) is 12.7 Å². The molecule has 1 aliphatic rings. The van der Waals surface area contributed by atoms with Crippen molar-refractivity contribution in [3.63, 3.8) is 0 Å². The second-order valence-corrected chi connectivity index (χ2v) is 6.90. The Morgan fingerprint density at radius 2 is 1.83 bits per heavy atom. The maximum absolute atomic E-state index is 13.3. The summed E-state index contributed by atoms with van der Waals surface area (Å²) in [5.41, 5.74) is 2.17. The minimum atomic E-state index is -0.337. The number of carbonyl (C=O) groups is 1. The van der Waals surface area contributed by atoms with Crippen LogP contribution in [-0.4, -0.2) is 49.1 Å². The maximum atomic E-state index is 13.3. The van der Waals surface area contributed by atoms with Crippen LogP contribution in [0.15, 0.2) is 52.9 Å². The van der Waals surface area contributed by atoms with Gasteiger partial charge in [-0.05, 0) is 36.4 Å². The Morgan fingerprint density at radius 1 is 1.10 bits per heavy atom. The van der Waals surface area contributed by atoms with Gasteiger partial charge in [-0.3, -0.25) is 4.79 Å². The van der Waals surface area contributed by atoms with Crippen LogP contribution in [0.2, 0.25) is 0 Å². The Labute approximate surface area is 168 Å². The fourth-order valence-corrected chi connectivity index (χ4v) is 3.49. The van der Waals surface area contributed by atoms with Crippen molar-refractivity contribution in [1.29, 1.82) is 0 Å². The third-order valence-electron chi connectivity index (χ3n) is 5.03. The number of amides is 1. The van der Waals surface area contributed by atoms with E-state index in [1.165, 1.54) is 12.1 Å². The zero-order valence-electron chi connectivity index (χ0n) is 16.4. The van der Waals surface area contributed by atoms with Gasteiger partial charge >= 0.3 is 0 Å². The van der Waals surface area contributed by atoms with Gasteiger partial charge in [0.25, 0.3) is 5.91 Å². The Morgan fingerprint density at radius 3 is 2.52 bits per heavy atom. The molecule has 29 heavy (non-hydrogen) atoms. The molecule has 2 aromatic carbocycles. The van der Waals surface area contributed by atoms with Crippen molar-refractivity contribution in [3.8, 4) is 17.0 Å². The van der Waals surface area contributed by atoms with Crippen molar-refractivity contribution >= 4 is 11.6 Å². The Hall–Kier alpha value is -3.35. The van der Waals surface area contributed by atoms with Crippen molar-refractivity contribution in [2.45, 2.75) is 6.92 Å². The molecule has 6 nitrogen and oxygen atoms in total. The van der Waals surface area contributed by atoms with Gasteiger partial charge in [0.2, 0.25) is 5.76 Å². The minimum absolute atomic E-state index is 0.198. The number of hydrogen-bond donors (Lipinski definition) is 0. The van der Waals surface area contributed by atoms with E-state index in [4.69, 9.17) is 9.15 Å². The van der Waals surface area contributed by atoms with E-state index in [1.807, 2.05) is 24.3 Å². The predicted molar refractivity (Wildman–Crippen MR) is 108 cm³/mol. The van der Waals surface area contributed by atoms with E-state index in [-0.39, 0.29) is 17.5 Å². The van der Waals surface area contributed by atoms with E-state index in [1.54, 1.807) is 31.1 Å². The molecule has 1 aliphatic heterocycles. The van der Waals surface area contributed by atoms with Gasteiger partial charge in [-0.15, -0.1) is 0 Å². The summed E-state index contributed by atoms with van der Waals surface area (Å²) in [6, 6.07) is 13.8. The second-order valence-electron chi connectivity index (χ2n) is 6.90. The van der Waals surface area contributed by atoms with Crippen molar-refractivity contribution in [1.82, 2.24) is 9.88 Å². The number of aromatic nitrogens is 1. The molecule has 1 fully saturated rings. The lowest BCUT2D eigenvalue weighted by atomic mass is 10.1. The molecule has 1 aromatic heterocycles. The number of ether oxygens (including phenoxy) is 1. The third kappa shape index (κ3) is 3.94. The predicted octanol–water partition coefficient (Wildman–Crippen LogP) is 3.76. The number of hydrogen-bond acceptors (Lipinski definition) is 5. The molecule has 1 amide bonds. The van der Waals surface area contributed by atoms with Crippen LogP contribution in [0.1, 0.15) is 16.4 Å². The number of methoxy groups -OCH3 is 1. The number of carbonyl (C=O) groups excluding carboxylic acids is 1. The second kappa shape index (κ2) is 7.95. The molecular weight excluding hydrogens is 373 g/mol. The van der Waals surface area contributed by atoms with Crippen LogP contribution in [0.3, 0.4) is 0 Å². The molecule has 0 spiro atoms. The summed E-state index contributed by atoms with van der Waals surface area (Å²) in [5.74, 6) is 0.874. The van der Waals surface area contributed by atoms with Gasteiger partial charge in [0.05, 0.1) is 7.11 Å². The lowest BCUT2D eigenvalue weighted by molar-refractivity contribution is 0.0714. The normalized spacial score (nSPS) is 14.2. The molecular formula is C22H22FN3O3. The summed E-state index contributed by atoms with van der Waals surface area (Å²) >= 11 is 0. The summed E-state index contributed by atoms with van der Waals surface area (Å²) in [7, 11) is 1.65. The summed E-state index contributed by atoms with van der Waals surface area (Å²) in [6.45, 7) is 4.25. The smallest absolute Gasteiger partial charge is 0.292 e. The molecule has 0 unspecified atom stereocenters. The van der Waals surface area contributed by atoms with Crippen LogP contribution in [0.25, 0.3) is 11.3 Å². The SMILES string of the molecule is COc1cccc(N2CCN(C(=O)c3oc(C)nc3-c3ccc(F)cc3)CC2)c1. The molecule has 0 N–H and O–H groups in total. The van der Waals surface area contributed by atoms with Crippen LogP contribution in [0.4, 0.5) is 10.1 Å². The first-order valence-corrected chi connectivity index (χ1v) is 9.47. The van der Waals surface area contributed by atoms with Gasteiger partial charge in [0, 0.05) is 50.4 Å². The topological polar surface area (TPSA) is 58.8 Å². The Bertz CT molecular complexity index is 1010. The number of halogens is 1. The van der Waals surface area contributed by atoms with E-state index >= 15 is 0 Å². The summed E-state index contributed by atoms with van der Waals surface area (Å²) < 4.78 is 24.2. The van der Waals surface area contributed by atoms with Crippen LogP contribution in [0.5, 0.6) is 5.75 Å². The highest BCUT2D eigenvalue weighted by Gasteiger charge is 2.28. The molecule has 4 rings (SSSR count). The first-order valence-electron chi connectivity index (χ1n) is 9.47. The molecule has 0 bridgehead atoms. The number of anilines is 1. The fourth-order valence-electron chi connectivity index (χ4n) is 3.49. The van der Waals surface area contributed by atoms with Crippen molar-refractivity contribution in [2.75, 3.05) is 38.2 Å². The highest BCUT2D eigenvalue weighted by Crippen LogP contribution is 2.27. The lowest BCUT2D eigenvalue weighted by Crippen LogP contribution is -2.48. The summed E-state index contributed by atoms with van der Waals surface area (Å²) in [4.78, 5) is 21.4. The lowest BCUT2D eigenvalue weighted by Gasteiger charge is -2.35. The van der Waals surface area contributed by atoms with Crippen molar-refractivity contribution in [2.24, 2.45) is 0 Å². The van der Waals surface area contributed by atoms with Gasteiger partial charge in [-0.1, -0.05) is 6.07 Å². The molecule has 2 heterocycles. The standard InChI is InChI=1S/C22H22FN3O3/c1-15-24-20(16-6-8-17(23)9-7-16)21(29-15)22(27)26-12-10-25(11-13-26)18-4-3-5-19(14-18)28-2/h3-9,14H,10-13H2,1-2H3. The van der Waals surface area contributed by atoms with E-state index in [0.29, 0.717) is 43.3 Å². The van der Waals surface area contributed by atoms with Crippen molar-refractivity contribution < 1.29 is 18.3 Å². The molecule has 0 atom stereocenters. The fraction of sp³-hybridized carbons (Fsp3) is 0.273. The zero-order chi connectivity index (χ0) is 20.4. The number of oxazole rings is 1.